The van der Waals surface area contributed by atoms with Crippen molar-refractivity contribution in [2.24, 2.45) is 11.1 Å². The highest BCUT2D eigenvalue weighted by molar-refractivity contribution is 5.79. The molecule has 0 spiro atoms. The van der Waals surface area contributed by atoms with Gasteiger partial charge in [-0.25, -0.2) is 0 Å². The molecule has 4 heteroatoms. The number of amides is 1. The molecule has 90 valence electrons. The number of primary amides is 1. The minimum atomic E-state index is -0.366. The third-order valence-electron chi connectivity index (χ3n) is 2.07. The van der Waals surface area contributed by atoms with Crippen LogP contribution in [-0.4, -0.2) is 31.7 Å². The molecule has 0 saturated heterocycles. The summed E-state index contributed by atoms with van der Waals surface area (Å²) in [5.41, 5.74) is 5.47. The molecule has 3 N–H and O–H groups in total. The van der Waals surface area contributed by atoms with Gasteiger partial charge in [-0.15, -0.1) is 0 Å². The predicted molar refractivity (Wildman–Crippen MR) is 61.6 cm³/mol. The quantitative estimate of drug-likeness (QED) is 0.622. The fraction of sp³-hybridized carbons (Fsp3) is 0.909. The van der Waals surface area contributed by atoms with Crippen LogP contribution in [0, 0.1) is 5.41 Å². The molecule has 0 aromatic rings. The molecule has 0 bridgehead atoms. The van der Waals surface area contributed by atoms with Crippen LogP contribution < -0.4 is 11.1 Å². The van der Waals surface area contributed by atoms with Crippen LogP contribution in [0.5, 0.6) is 0 Å². The molecule has 15 heavy (non-hydrogen) atoms. The summed E-state index contributed by atoms with van der Waals surface area (Å²) in [4.78, 5) is 11.0. The number of nitrogens with one attached hydrogen (secondary N) is 1. The van der Waals surface area contributed by atoms with E-state index in [1.54, 1.807) is 0 Å². The van der Waals surface area contributed by atoms with E-state index in [0.29, 0.717) is 13.2 Å². The Morgan fingerprint density at radius 2 is 2.07 bits per heavy atom. The van der Waals surface area contributed by atoms with Crippen LogP contribution >= 0.6 is 0 Å². The Morgan fingerprint density at radius 1 is 1.47 bits per heavy atom. The van der Waals surface area contributed by atoms with E-state index in [0.717, 1.165) is 13.0 Å². The van der Waals surface area contributed by atoms with E-state index >= 15 is 0 Å². The van der Waals surface area contributed by atoms with Crippen molar-refractivity contribution in [3.63, 3.8) is 0 Å². The van der Waals surface area contributed by atoms with E-state index < -0.39 is 0 Å². The zero-order valence-corrected chi connectivity index (χ0v) is 10.3. The van der Waals surface area contributed by atoms with E-state index in [2.05, 4.69) is 26.1 Å². The van der Waals surface area contributed by atoms with Gasteiger partial charge in [0.25, 0.3) is 0 Å². The van der Waals surface area contributed by atoms with Crippen molar-refractivity contribution in [3.05, 3.63) is 0 Å². The predicted octanol–water partition coefficient (Wildman–Crippen LogP) is 0.903. The summed E-state index contributed by atoms with van der Waals surface area (Å²) in [7, 11) is 0. The molecule has 1 amide bonds. The lowest BCUT2D eigenvalue weighted by Gasteiger charge is -2.19. The summed E-state index contributed by atoms with van der Waals surface area (Å²) in [5.74, 6) is -0.354. The molecule has 1 unspecified atom stereocenters. The second-order valence-electron chi connectivity index (χ2n) is 4.90. The fourth-order valence-corrected chi connectivity index (χ4v) is 1.07. The third kappa shape index (κ3) is 8.39. The zero-order valence-electron chi connectivity index (χ0n) is 10.3. The minimum Gasteiger partial charge on any atom is -0.379 e. The molecule has 0 aliphatic rings. The molecular formula is C11H24N2O2. The number of hydrogen-bond donors (Lipinski definition) is 2. The van der Waals surface area contributed by atoms with E-state index in [-0.39, 0.29) is 17.4 Å². The van der Waals surface area contributed by atoms with Crippen molar-refractivity contribution >= 4 is 5.91 Å². The van der Waals surface area contributed by atoms with E-state index in [9.17, 15) is 4.79 Å². The van der Waals surface area contributed by atoms with Crippen molar-refractivity contribution in [3.8, 4) is 0 Å². The van der Waals surface area contributed by atoms with Gasteiger partial charge in [0.15, 0.2) is 0 Å². The SMILES string of the molecule is CCNC(COCCC(C)(C)C)C(N)=O. The van der Waals surface area contributed by atoms with Crippen molar-refractivity contribution < 1.29 is 9.53 Å². The fourth-order valence-electron chi connectivity index (χ4n) is 1.07. The summed E-state index contributed by atoms with van der Waals surface area (Å²) in [6.45, 7) is 10.2. The van der Waals surface area contributed by atoms with Gasteiger partial charge < -0.3 is 15.8 Å². The van der Waals surface area contributed by atoms with Crippen molar-refractivity contribution in [2.75, 3.05) is 19.8 Å². The summed E-state index contributed by atoms with van der Waals surface area (Å²) in [5, 5.41) is 2.98. The van der Waals surface area contributed by atoms with Gasteiger partial charge in [0.2, 0.25) is 5.91 Å². The van der Waals surface area contributed by atoms with E-state index in [4.69, 9.17) is 10.5 Å². The van der Waals surface area contributed by atoms with Gasteiger partial charge in [0.1, 0.15) is 6.04 Å². The highest BCUT2D eigenvalue weighted by Crippen LogP contribution is 2.17. The van der Waals surface area contributed by atoms with Crippen LogP contribution in [0.2, 0.25) is 0 Å². The molecule has 4 nitrogen and oxygen atoms in total. The molecule has 0 aliphatic heterocycles. The Labute approximate surface area is 92.6 Å². The molecule has 0 aromatic carbocycles. The average molecular weight is 216 g/mol. The van der Waals surface area contributed by atoms with Crippen LogP contribution in [0.15, 0.2) is 0 Å². The molecule has 0 rings (SSSR count). The van der Waals surface area contributed by atoms with Gasteiger partial charge in [-0.3, -0.25) is 4.79 Å². The van der Waals surface area contributed by atoms with E-state index in [1.807, 2.05) is 6.92 Å². The first-order valence-corrected chi connectivity index (χ1v) is 5.47. The monoisotopic (exact) mass is 216 g/mol. The highest BCUT2D eigenvalue weighted by atomic mass is 16.5. The largest absolute Gasteiger partial charge is 0.379 e. The number of rotatable bonds is 7. The first-order valence-electron chi connectivity index (χ1n) is 5.47. The summed E-state index contributed by atoms with van der Waals surface area (Å²) >= 11 is 0. The smallest absolute Gasteiger partial charge is 0.236 e. The zero-order chi connectivity index (χ0) is 11.9. The lowest BCUT2D eigenvalue weighted by Crippen LogP contribution is -2.44. The van der Waals surface area contributed by atoms with Crippen molar-refractivity contribution in [1.29, 1.82) is 0 Å². The Morgan fingerprint density at radius 3 is 2.47 bits per heavy atom. The number of likely N-dealkylation sites (N-methyl/N-ethyl adjacent to an activating group) is 1. The van der Waals surface area contributed by atoms with Gasteiger partial charge >= 0.3 is 0 Å². The van der Waals surface area contributed by atoms with Crippen LogP contribution in [0.3, 0.4) is 0 Å². The molecule has 0 aliphatic carbocycles. The maximum absolute atomic E-state index is 11.0. The normalized spacial score (nSPS) is 13.9. The molecule has 1 atom stereocenters. The Kier molecular flexibility index (Phi) is 6.52. The number of hydrogen-bond acceptors (Lipinski definition) is 3. The first-order chi connectivity index (χ1) is 6.87. The van der Waals surface area contributed by atoms with Crippen LogP contribution in [0.25, 0.3) is 0 Å². The summed E-state index contributed by atoms with van der Waals surface area (Å²) in [6.07, 6.45) is 0.977. The Balaban J connectivity index is 3.67. The van der Waals surface area contributed by atoms with Crippen LogP contribution in [0.4, 0.5) is 0 Å². The third-order valence-corrected chi connectivity index (χ3v) is 2.07. The molecule has 0 saturated carbocycles. The first kappa shape index (κ1) is 14.4. The topological polar surface area (TPSA) is 64.3 Å². The van der Waals surface area contributed by atoms with Gasteiger partial charge in [-0.2, -0.15) is 0 Å². The van der Waals surface area contributed by atoms with Crippen LogP contribution in [0.1, 0.15) is 34.1 Å². The maximum Gasteiger partial charge on any atom is 0.236 e. The number of carbonyl (C=O) groups excluding carboxylic acids is 1. The Bertz CT molecular complexity index is 188. The molecule has 0 radical (unpaired) electrons. The summed E-state index contributed by atoms with van der Waals surface area (Å²) in [6, 6.07) is -0.366. The lowest BCUT2D eigenvalue weighted by atomic mass is 9.93. The van der Waals surface area contributed by atoms with Gasteiger partial charge in [0.05, 0.1) is 6.61 Å². The highest BCUT2D eigenvalue weighted by Gasteiger charge is 2.15. The summed E-state index contributed by atoms with van der Waals surface area (Å²) < 4.78 is 5.42. The van der Waals surface area contributed by atoms with E-state index in [1.165, 1.54) is 0 Å². The molecule has 0 aromatic heterocycles. The average Bonchev–Trinajstić information content (AvgIpc) is 2.08. The van der Waals surface area contributed by atoms with Gasteiger partial charge in [-0.05, 0) is 18.4 Å². The molecular weight excluding hydrogens is 192 g/mol. The van der Waals surface area contributed by atoms with Crippen molar-refractivity contribution in [1.82, 2.24) is 5.32 Å². The second kappa shape index (κ2) is 6.80. The van der Waals surface area contributed by atoms with Gasteiger partial charge in [-0.1, -0.05) is 27.7 Å². The maximum atomic E-state index is 11.0. The Hall–Kier alpha value is -0.610. The van der Waals surface area contributed by atoms with Crippen LogP contribution in [-0.2, 0) is 9.53 Å². The second-order valence-corrected chi connectivity index (χ2v) is 4.90. The number of nitrogens with two attached hydrogens (primary N) is 1. The standard InChI is InChI=1S/C11H24N2O2/c1-5-13-9(10(12)14)8-15-7-6-11(2,3)4/h9,13H,5-8H2,1-4H3,(H2,12,14). The minimum absolute atomic E-state index is 0.264. The molecule has 0 fully saturated rings. The lowest BCUT2D eigenvalue weighted by molar-refractivity contribution is -0.121. The van der Waals surface area contributed by atoms with Gasteiger partial charge in [0, 0.05) is 6.61 Å². The number of carbonyl (C=O) groups is 1. The van der Waals surface area contributed by atoms with Crippen molar-refractivity contribution in [2.45, 2.75) is 40.2 Å². The molecule has 0 heterocycles. The number of ether oxygens (including phenoxy) is 1.